The molecule has 2 aromatic rings. The first-order chi connectivity index (χ1) is 8.95. The molecular formula is C13H13F2N3S. The molecule has 0 amide bonds. The lowest BCUT2D eigenvalue weighted by Gasteiger charge is -2.09. The van der Waals surface area contributed by atoms with Crippen LogP contribution in [-0.2, 0) is 0 Å². The first-order valence-corrected chi connectivity index (χ1v) is 6.45. The van der Waals surface area contributed by atoms with Crippen LogP contribution in [0.4, 0.5) is 14.5 Å². The molecule has 100 valence electrons. The summed E-state index contributed by atoms with van der Waals surface area (Å²) in [6, 6.07) is 6.29. The first kappa shape index (κ1) is 13.7. The number of rotatable bonds is 3. The number of anilines is 1. The smallest absolute Gasteiger partial charge is 0.265 e. The molecule has 0 saturated carbocycles. The summed E-state index contributed by atoms with van der Waals surface area (Å²) in [5, 5.41) is 0.462. The minimum Gasteiger partial charge on any atom is -0.399 e. The van der Waals surface area contributed by atoms with Gasteiger partial charge in [-0.1, -0.05) is 0 Å². The number of hydrogen-bond donors (Lipinski definition) is 1. The van der Waals surface area contributed by atoms with Crippen molar-refractivity contribution in [1.82, 2.24) is 9.97 Å². The highest BCUT2D eigenvalue weighted by molar-refractivity contribution is 7.99. The Morgan fingerprint density at radius 2 is 1.74 bits per heavy atom. The van der Waals surface area contributed by atoms with Crippen LogP contribution in [0, 0.1) is 13.8 Å². The average Bonchev–Trinajstić information content (AvgIpc) is 2.30. The van der Waals surface area contributed by atoms with Gasteiger partial charge in [0.2, 0.25) is 0 Å². The van der Waals surface area contributed by atoms with Crippen LogP contribution in [0.15, 0.2) is 34.3 Å². The van der Waals surface area contributed by atoms with E-state index in [0.29, 0.717) is 15.7 Å². The van der Waals surface area contributed by atoms with Gasteiger partial charge in [-0.05, 0) is 49.9 Å². The number of benzene rings is 1. The van der Waals surface area contributed by atoms with E-state index >= 15 is 0 Å². The van der Waals surface area contributed by atoms with E-state index in [2.05, 4.69) is 9.97 Å². The van der Waals surface area contributed by atoms with Crippen LogP contribution in [0.3, 0.4) is 0 Å². The van der Waals surface area contributed by atoms with Crippen LogP contribution < -0.4 is 5.73 Å². The number of nitrogen functional groups attached to an aromatic ring is 1. The number of aromatic nitrogens is 2. The number of aryl methyl sites for hydroxylation is 2. The largest absolute Gasteiger partial charge is 0.399 e. The Labute approximate surface area is 114 Å². The van der Waals surface area contributed by atoms with Crippen molar-refractivity contribution in [1.29, 1.82) is 0 Å². The Morgan fingerprint density at radius 1 is 1.11 bits per heavy atom. The molecule has 0 aliphatic carbocycles. The standard InChI is InChI=1S/C13H13F2N3S/c1-7-5-8(2)18-13(17-7)19-11-4-3-9(16)6-10(11)12(14)15/h3-6,12H,16H2,1-2H3. The molecule has 1 heterocycles. The number of nitrogens with zero attached hydrogens (tertiary/aromatic N) is 2. The maximum absolute atomic E-state index is 13.0. The molecule has 3 nitrogen and oxygen atoms in total. The molecule has 2 N–H and O–H groups in total. The number of alkyl halides is 2. The maximum Gasteiger partial charge on any atom is 0.265 e. The number of nitrogens with two attached hydrogens (primary N) is 1. The Kier molecular flexibility index (Phi) is 3.99. The highest BCUT2D eigenvalue weighted by Crippen LogP contribution is 2.35. The summed E-state index contributed by atoms with van der Waals surface area (Å²) in [5.74, 6) is 0. The Bertz CT molecular complexity index is 582. The van der Waals surface area contributed by atoms with Crippen molar-refractivity contribution in [2.75, 3.05) is 5.73 Å². The summed E-state index contributed by atoms with van der Waals surface area (Å²) in [6.45, 7) is 3.69. The quantitative estimate of drug-likeness (QED) is 0.687. The number of hydrogen-bond acceptors (Lipinski definition) is 4. The van der Waals surface area contributed by atoms with Crippen molar-refractivity contribution in [3.8, 4) is 0 Å². The van der Waals surface area contributed by atoms with Gasteiger partial charge in [0.25, 0.3) is 6.43 Å². The van der Waals surface area contributed by atoms with Crippen LogP contribution in [0.25, 0.3) is 0 Å². The second-order valence-corrected chi connectivity index (χ2v) is 5.14. The van der Waals surface area contributed by atoms with E-state index in [4.69, 9.17) is 5.73 Å². The van der Waals surface area contributed by atoms with E-state index in [9.17, 15) is 8.78 Å². The molecule has 0 fully saturated rings. The molecule has 0 saturated heterocycles. The summed E-state index contributed by atoms with van der Waals surface area (Å²) in [5.41, 5.74) is 7.38. The lowest BCUT2D eigenvalue weighted by Crippen LogP contribution is -1.96. The number of halogens is 2. The van der Waals surface area contributed by atoms with Gasteiger partial charge in [-0.15, -0.1) is 0 Å². The third-order valence-electron chi connectivity index (χ3n) is 2.43. The van der Waals surface area contributed by atoms with Crippen LogP contribution in [0.1, 0.15) is 23.4 Å². The molecule has 0 spiro atoms. The Morgan fingerprint density at radius 3 is 2.32 bits per heavy atom. The van der Waals surface area contributed by atoms with E-state index in [-0.39, 0.29) is 5.56 Å². The highest BCUT2D eigenvalue weighted by atomic mass is 32.2. The zero-order chi connectivity index (χ0) is 14.0. The minimum absolute atomic E-state index is 0.0900. The summed E-state index contributed by atoms with van der Waals surface area (Å²) in [6.07, 6.45) is -2.57. The van der Waals surface area contributed by atoms with E-state index in [0.717, 1.165) is 23.1 Å². The molecule has 0 unspecified atom stereocenters. The highest BCUT2D eigenvalue weighted by Gasteiger charge is 2.15. The van der Waals surface area contributed by atoms with E-state index in [1.807, 2.05) is 19.9 Å². The van der Waals surface area contributed by atoms with Gasteiger partial charge in [-0.3, -0.25) is 0 Å². The van der Waals surface area contributed by atoms with Crippen molar-refractivity contribution in [2.24, 2.45) is 0 Å². The van der Waals surface area contributed by atoms with Crippen molar-refractivity contribution in [2.45, 2.75) is 30.3 Å². The second-order valence-electron chi connectivity index (χ2n) is 4.13. The van der Waals surface area contributed by atoms with Gasteiger partial charge in [0.05, 0.1) is 0 Å². The Balaban J connectivity index is 2.37. The van der Waals surface area contributed by atoms with Crippen molar-refractivity contribution in [3.05, 3.63) is 41.2 Å². The van der Waals surface area contributed by atoms with E-state index < -0.39 is 6.43 Å². The molecule has 1 aromatic heterocycles. The lowest BCUT2D eigenvalue weighted by molar-refractivity contribution is 0.148. The fourth-order valence-corrected chi connectivity index (χ4v) is 2.65. The zero-order valence-electron chi connectivity index (χ0n) is 10.5. The molecule has 0 radical (unpaired) electrons. The zero-order valence-corrected chi connectivity index (χ0v) is 11.3. The van der Waals surface area contributed by atoms with Gasteiger partial charge < -0.3 is 5.73 Å². The molecule has 0 atom stereocenters. The van der Waals surface area contributed by atoms with Crippen LogP contribution >= 0.6 is 11.8 Å². The van der Waals surface area contributed by atoms with Gasteiger partial charge in [0.1, 0.15) is 0 Å². The predicted octanol–water partition coefficient (Wildman–Crippen LogP) is 3.76. The summed E-state index contributed by atoms with van der Waals surface area (Å²) in [7, 11) is 0. The third-order valence-corrected chi connectivity index (χ3v) is 3.39. The van der Waals surface area contributed by atoms with Crippen LogP contribution in [0.5, 0.6) is 0 Å². The molecule has 0 aliphatic rings. The van der Waals surface area contributed by atoms with Crippen molar-refractivity contribution < 1.29 is 8.78 Å². The summed E-state index contributed by atoms with van der Waals surface area (Å²) in [4.78, 5) is 8.88. The molecule has 0 aliphatic heterocycles. The van der Waals surface area contributed by atoms with E-state index in [1.54, 1.807) is 12.1 Å². The van der Waals surface area contributed by atoms with Gasteiger partial charge in [0, 0.05) is 27.5 Å². The molecule has 6 heteroatoms. The fourth-order valence-electron chi connectivity index (χ4n) is 1.67. The van der Waals surface area contributed by atoms with Gasteiger partial charge in [-0.25, -0.2) is 18.7 Å². The van der Waals surface area contributed by atoms with Gasteiger partial charge in [0.15, 0.2) is 5.16 Å². The van der Waals surface area contributed by atoms with Gasteiger partial charge >= 0.3 is 0 Å². The molecular weight excluding hydrogens is 268 g/mol. The van der Waals surface area contributed by atoms with Crippen LogP contribution in [0.2, 0.25) is 0 Å². The third kappa shape index (κ3) is 3.41. The molecule has 2 rings (SSSR count). The average molecular weight is 281 g/mol. The predicted molar refractivity (Wildman–Crippen MR) is 71.4 cm³/mol. The summed E-state index contributed by atoms with van der Waals surface area (Å²) >= 11 is 1.12. The summed E-state index contributed by atoms with van der Waals surface area (Å²) < 4.78 is 25.9. The second kappa shape index (κ2) is 5.52. The normalized spacial score (nSPS) is 11.0. The minimum atomic E-state index is -2.57. The maximum atomic E-state index is 13.0. The SMILES string of the molecule is Cc1cc(C)nc(Sc2ccc(N)cc2C(F)F)n1. The molecule has 19 heavy (non-hydrogen) atoms. The molecule has 0 bridgehead atoms. The topological polar surface area (TPSA) is 51.8 Å². The van der Waals surface area contributed by atoms with E-state index in [1.165, 1.54) is 6.07 Å². The Hall–Kier alpha value is -1.69. The monoisotopic (exact) mass is 281 g/mol. The molecule has 1 aromatic carbocycles. The van der Waals surface area contributed by atoms with Gasteiger partial charge in [-0.2, -0.15) is 0 Å². The van der Waals surface area contributed by atoms with Crippen molar-refractivity contribution in [3.63, 3.8) is 0 Å². The van der Waals surface area contributed by atoms with Crippen molar-refractivity contribution >= 4 is 17.4 Å². The lowest BCUT2D eigenvalue weighted by atomic mass is 10.2. The van der Waals surface area contributed by atoms with Crippen LogP contribution in [-0.4, -0.2) is 9.97 Å². The first-order valence-electron chi connectivity index (χ1n) is 5.63. The fraction of sp³-hybridized carbons (Fsp3) is 0.231.